The van der Waals surface area contributed by atoms with Crippen molar-refractivity contribution in [1.29, 1.82) is 5.26 Å². The zero-order valence-electron chi connectivity index (χ0n) is 11.4. The van der Waals surface area contributed by atoms with E-state index in [1.54, 1.807) is 11.3 Å². The van der Waals surface area contributed by atoms with E-state index < -0.39 is 0 Å². The van der Waals surface area contributed by atoms with E-state index in [2.05, 4.69) is 42.6 Å². The Morgan fingerprint density at radius 2 is 2.26 bits per heavy atom. The van der Waals surface area contributed by atoms with E-state index in [0.29, 0.717) is 5.92 Å². The SMILES string of the molecule is CC1CCCC(C#N)(Cc2csc3ccccc23)C1. The van der Waals surface area contributed by atoms with Crippen LogP contribution in [0.3, 0.4) is 0 Å². The first-order chi connectivity index (χ1) is 9.22. The minimum absolute atomic E-state index is 0.124. The molecule has 1 saturated carbocycles. The second kappa shape index (κ2) is 4.98. The van der Waals surface area contributed by atoms with Crippen LogP contribution in [0, 0.1) is 22.7 Å². The minimum Gasteiger partial charge on any atom is -0.198 e. The highest BCUT2D eigenvalue weighted by molar-refractivity contribution is 7.17. The minimum atomic E-state index is -0.124. The van der Waals surface area contributed by atoms with Crippen molar-refractivity contribution >= 4 is 21.4 Å². The molecule has 0 amide bonds. The lowest BCUT2D eigenvalue weighted by atomic mass is 9.68. The molecule has 1 aliphatic carbocycles. The molecule has 0 spiro atoms. The van der Waals surface area contributed by atoms with Crippen LogP contribution in [0.5, 0.6) is 0 Å². The van der Waals surface area contributed by atoms with Gasteiger partial charge in [-0.2, -0.15) is 5.26 Å². The number of nitrogens with zero attached hydrogens (tertiary/aromatic N) is 1. The van der Waals surface area contributed by atoms with Crippen molar-refractivity contribution < 1.29 is 0 Å². The molecule has 98 valence electrons. The van der Waals surface area contributed by atoms with Crippen LogP contribution in [-0.2, 0) is 6.42 Å². The van der Waals surface area contributed by atoms with Crippen LogP contribution in [0.15, 0.2) is 29.6 Å². The van der Waals surface area contributed by atoms with Gasteiger partial charge in [-0.3, -0.25) is 0 Å². The maximum absolute atomic E-state index is 9.68. The van der Waals surface area contributed by atoms with Gasteiger partial charge in [0.2, 0.25) is 0 Å². The van der Waals surface area contributed by atoms with E-state index in [0.717, 1.165) is 19.3 Å². The summed E-state index contributed by atoms with van der Waals surface area (Å²) < 4.78 is 1.34. The largest absolute Gasteiger partial charge is 0.198 e. The van der Waals surface area contributed by atoms with Gasteiger partial charge in [-0.15, -0.1) is 11.3 Å². The smallest absolute Gasteiger partial charge is 0.0693 e. The van der Waals surface area contributed by atoms with Gasteiger partial charge < -0.3 is 0 Å². The number of nitriles is 1. The van der Waals surface area contributed by atoms with Crippen molar-refractivity contribution in [1.82, 2.24) is 0 Å². The van der Waals surface area contributed by atoms with Gasteiger partial charge in [-0.05, 0) is 47.6 Å². The van der Waals surface area contributed by atoms with Gasteiger partial charge >= 0.3 is 0 Å². The highest BCUT2D eigenvalue weighted by atomic mass is 32.1. The summed E-state index contributed by atoms with van der Waals surface area (Å²) in [6, 6.07) is 11.2. The van der Waals surface area contributed by atoms with Crippen LogP contribution in [-0.4, -0.2) is 0 Å². The molecule has 0 aliphatic heterocycles. The molecule has 2 unspecified atom stereocenters. The highest BCUT2D eigenvalue weighted by Gasteiger charge is 2.35. The van der Waals surface area contributed by atoms with E-state index >= 15 is 0 Å². The third-order valence-corrected chi connectivity index (χ3v) is 5.43. The van der Waals surface area contributed by atoms with Crippen LogP contribution in [0.4, 0.5) is 0 Å². The molecular weight excluding hydrogens is 250 g/mol. The molecule has 1 aromatic heterocycles. The molecule has 1 fully saturated rings. The van der Waals surface area contributed by atoms with Crippen molar-refractivity contribution in [3.63, 3.8) is 0 Å². The molecule has 1 heterocycles. The van der Waals surface area contributed by atoms with E-state index in [4.69, 9.17) is 0 Å². The topological polar surface area (TPSA) is 23.8 Å². The van der Waals surface area contributed by atoms with Gasteiger partial charge in [0.15, 0.2) is 0 Å². The average molecular weight is 269 g/mol. The van der Waals surface area contributed by atoms with Crippen LogP contribution in [0.2, 0.25) is 0 Å². The third-order valence-electron chi connectivity index (χ3n) is 4.42. The molecule has 0 bridgehead atoms. The predicted molar refractivity (Wildman–Crippen MR) is 81.2 cm³/mol. The lowest BCUT2D eigenvalue weighted by molar-refractivity contribution is 0.210. The fourth-order valence-corrected chi connectivity index (χ4v) is 4.46. The number of hydrogen-bond acceptors (Lipinski definition) is 2. The Labute approximate surface area is 118 Å². The summed E-state index contributed by atoms with van der Waals surface area (Å²) in [4.78, 5) is 0. The van der Waals surface area contributed by atoms with Crippen LogP contribution in [0.25, 0.3) is 10.1 Å². The molecule has 2 aromatic rings. The standard InChI is InChI=1S/C17H19NS/c1-13-5-4-8-17(9-13,12-18)10-14-11-19-16-7-3-2-6-15(14)16/h2-3,6-7,11,13H,4-5,8-10H2,1H3. The van der Waals surface area contributed by atoms with Gasteiger partial charge in [-0.25, -0.2) is 0 Å². The Bertz CT molecular complexity index is 621. The first-order valence-corrected chi connectivity index (χ1v) is 7.97. The van der Waals surface area contributed by atoms with Gasteiger partial charge in [0.1, 0.15) is 0 Å². The van der Waals surface area contributed by atoms with Gasteiger partial charge in [-0.1, -0.05) is 38.0 Å². The van der Waals surface area contributed by atoms with Crippen molar-refractivity contribution in [2.75, 3.05) is 0 Å². The predicted octanol–water partition coefficient (Wildman–Crippen LogP) is 5.16. The van der Waals surface area contributed by atoms with Gasteiger partial charge in [0.25, 0.3) is 0 Å². The molecule has 0 saturated heterocycles. The Kier molecular flexibility index (Phi) is 3.33. The van der Waals surface area contributed by atoms with Crippen LogP contribution >= 0.6 is 11.3 Å². The van der Waals surface area contributed by atoms with Crippen LogP contribution in [0.1, 0.15) is 38.2 Å². The summed E-state index contributed by atoms with van der Waals surface area (Å²) in [7, 11) is 0. The molecule has 1 aromatic carbocycles. The third kappa shape index (κ3) is 2.40. The Balaban J connectivity index is 1.93. The summed E-state index contributed by atoms with van der Waals surface area (Å²) >= 11 is 1.80. The molecule has 1 aliphatic rings. The second-order valence-electron chi connectivity index (χ2n) is 6.03. The van der Waals surface area contributed by atoms with E-state index in [1.807, 2.05) is 0 Å². The van der Waals surface area contributed by atoms with Crippen molar-refractivity contribution in [2.24, 2.45) is 11.3 Å². The number of hydrogen-bond donors (Lipinski definition) is 0. The lowest BCUT2D eigenvalue weighted by Crippen LogP contribution is -2.28. The van der Waals surface area contributed by atoms with Crippen molar-refractivity contribution in [3.8, 4) is 6.07 Å². The maximum Gasteiger partial charge on any atom is 0.0693 e. The molecule has 19 heavy (non-hydrogen) atoms. The number of thiophene rings is 1. The number of rotatable bonds is 2. The molecule has 1 nitrogen and oxygen atoms in total. The average Bonchev–Trinajstić information content (AvgIpc) is 2.82. The molecule has 3 rings (SSSR count). The first kappa shape index (κ1) is 12.7. The Hall–Kier alpha value is -1.33. The zero-order valence-corrected chi connectivity index (χ0v) is 12.2. The Morgan fingerprint density at radius 1 is 1.42 bits per heavy atom. The van der Waals surface area contributed by atoms with Crippen LogP contribution < -0.4 is 0 Å². The van der Waals surface area contributed by atoms with E-state index in [1.165, 1.54) is 28.5 Å². The van der Waals surface area contributed by atoms with Gasteiger partial charge in [0, 0.05) is 4.70 Å². The summed E-state index contributed by atoms with van der Waals surface area (Å²) in [6.07, 6.45) is 5.55. The normalized spacial score (nSPS) is 27.3. The molecule has 2 atom stereocenters. The lowest BCUT2D eigenvalue weighted by Gasteiger charge is -2.34. The summed E-state index contributed by atoms with van der Waals surface area (Å²) in [5.74, 6) is 0.693. The molecular formula is C17H19NS. The zero-order chi connectivity index (χ0) is 13.3. The van der Waals surface area contributed by atoms with Crippen molar-refractivity contribution in [2.45, 2.75) is 39.0 Å². The summed E-state index contributed by atoms with van der Waals surface area (Å²) in [5, 5.41) is 13.3. The number of benzene rings is 1. The van der Waals surface area contributed by atoms with Gasteiger partial charge in [0.05, 0.1) is 11.5 Å². The Morgan fingerprint density at radius 3 is 3.05 bits per heavy atom. The number of fused-ring (bicyclic) bond motifs is 1. The molecule has 0 radical (unpaired) electrons. The fourth-order valence-electron chi connectivity index (χ4n) is 3.50. The molecule has 2 heteroatoms. The van der Waals surface area contributed by atoms with E-state index in [9.17, 15) is 5.26 Å². The highest BCUT2D eigenvalue weighted by Crippen LogP contribution is 2.43. The monoisotopic (exact) mass is 269 g/mol. The summed E-state index contributed by atoms with van der Waals surface area (Å²) in [6.45, 7) is 2.29. The van der Waals surface area contributed by atoms with E-state index in [-0.39, 0.29) is 5.41 Å². The maximum atomic E-state index is 9.68. The quantitative estimate of drug-likeness (QED) is 0.738. The fraction of sp³-hybridized carbons (Fsp3) is 0.471. The van der Waals surface area contributed by atoms with Crippen molar-refractivity contribution in [3.05, 3.63) is 35.2 Å². The summed E-state index contributed by atoms with van der Waals surface area (Å²) in [5.41, 5.74) is 1.25. The second-order valence-corrected chi connectivity index (χ2v) is 6.94. The first-order valence-electron chi connectivity index (χ1n) is 7.09. The molecule has 0 N–H and O–H groups in total.